The molecule has 154 valence electrons. The lowest BCUT2D eigenvalue weighted by Crippen LogP contribution is -2.48. The zero-order valence-electron chi connectivity index (χ0n) is 16.4. The maximum Gasteiger partial charge on any atom is 0.279 e. The van der Waals surface area contributed by atoms with Gasteiger partial charge in [-0.1, -0.05) is 26.0 Å². The van der Waals surface area contributed by atoms with E-state index in [-0.39, 0.29) is 29.5 Å². The van der Waals surface area contributed by atoms with Gasteiger partial charge in [0.25, 0.3) is 5.91 Å². The summed E-state index contributed by atoms with van der Waals surface area (Å²) in [6.07, 6.45) is 1.15. The van der Waals surface area contributed by atoms with Crippen molar-refractivity contribution < 1.29 is 18.8 Å². The molecule has 1 saturated heterocycles. The van der Waals surface area contributed by atoms with Gasteiger partial charge >= 0.3 is 0 Å². The summed E-state index contributed by atoms with van der Waals surface area (Å²) in [6, 6.07) is 9.50. The molecule has 3 amide bonds. The molecule has 6 nitrogen and oxygen atoms in total. The summed E-state index contributed by atoms with van der Waals surface area (Å²) in [6.45, 7) is 4.83. The lowest BCUT2D eigenvalue weighted by atomic mass is 9.95. The molecule has 2 N–H and O–H groups in total. The number of piperidine rings is 1. The number of rotatable bonds is 4. The number of hydrazine groups is 1. The first-order valence-electron chi connectivity index (χ1n) is 9.60. The van der Waals surface area contributed by atoms with Crippen molar-refractivity contribution in [2.75, 3.05) is 13.1 Å². The molecule has 0 saturated carbocycles. The van der Waals surface area contributed by atoms with Crippen molar-refractivity contribution in [3.63, 3.8) is 0 Å². The third-order valence-corrected chi connectivity index (χ3v) is 6.06. The molecule has 1 aromatic heterocycles. The van der Waals surface area contributed by atoms with Crippen LogP contribution in [-0.4, -0.2) is 35.7 Å². The van der Waals surface area contributed by atoms with Crippen LogP contribution in [0.3, 0.4) is 0 Å². The highest BCUT2D eigenvalue weighted by atomic mass is 32.1. The van der Waals surface area contributed by atoms with Crippen molar-refractivity contribution in [1.29, 1.82) is 0 Å². The number of hydrogen-bond donors (Lipinski definition) is 2. The summed E-state index contributed by atoms with van der Waals surface area (Å²) < 4.78 is 13.0. The van der Waals surface area contributed by atoms with Crippen LogP contribution < -0.4 is 10.9 Å². The van der Waals surface area contributed by atoms with E-state index < -0.39 is 5.91 Å². The van der Waals surface area contributed by atoms with Gasteiger partial charge in [0.1, 0.15) is 5.82 Å². The molecule has 1 fully saturated rings. The third-order valence-electron chi connectivity index (χ3n) is 4.93. The number of likely N-dealkylation sites (tertiary alicyclic amines) is 1. The maximum absolute atomic E-state index is 13.0. The Labute approximate surface area is 173 Å². The highest BCUT2D eigenvalue weighted by molar-refractivity contribution is 7.17. The highest BCUT2D eigenvalue weighted by Crippen LogP contribution is 2.28. The van der Waals surface area contributed by atoms with Gasteiger partial charge in [-0.3, -0.25) is 25.2 Å². The van der Waals surface area contributed by atoms with E-state index in [9.17, 15) is 18.8 Å². The summed E-state index contributed by atoms with van der Waals surface area (Å²) in [5.41, 5.74) is 5.76. The predicted octanol–water partition coefficient (Wildman–Crippen LogP) is 3.21. The number of carbonyl (C=O) groups excluding carboxylic acids is 3. The van der Waals surface area contributed by atoms with Gasteiger partial charge in [-0.25, -0.2) is 4.39 Å². The minimum absolute atomic E-state index is 0.0507. The number of thiophene rings is 1. The second-order valence-electron chi connectivity index (χ2n) is 7.37. The summed E-state index contributed by atoms with van der Waals surface area (Å²) in [7, 11) is 0. The van der Waals surface area contributed by atoms with Crippen molar-refractivity contribution in [3.05, 3.63) is 47.1 Å². The average Bonchev–Trinajstić information content (AvgIpc) is 3.22. The highest BCUT2D eigenvalue weighted by Gasteiger charge is 2.28. The fourth-order valence-electron chi connectivity index (χ4n) is 3.24. The number of amides is 3. The molecule has 0 spiro atoms. The van der Waals surface area contributed by atoms with Gasteiger partial charge in [0.2, 0.25) is 11.8 Å². The molecule has 1 aliphatic rings. The molecular formula is C21H24FN3O3S. The quantitative estimate of drug-likeness (QED) is 0.750. The van der Waals surface area contributed by atoms with Crippen LogP contribution in [-0.2, 0) is 9.59 Å². The summed E-state index contributed by atoms with van der Waals surface area (Å²) in [4.78, 5) is 39.7. The van der Waals surface area contributed by atoms with E-state index in [1.807, 2.05) is 13.8 Å². The minimum atomic E-state index is -0.399. The molecule has 0 unspecified atom stereocenters. The fourth-order valence-corrected chi connectivity index (χ4v) is 4.15. The van der Waals surface area contributed by atoms with E-state index in [4.69, 9.17) is 0 Å². The Kier molecular flexibility index (Phi) is 6.64. The maximum atomic E-state index is 13.0. The van der Waals surface area contributed by atoms with Crippen LogP contribution >= 0.6 is 11.3 Å². The average molecular weight is 418 g/mol. The summed E-state index contributed by atoms with van der Waals surface area (Å²) in [5.74, 6) is -1.14. The Hall–Kier alpha value is -2.74. The van der Waals surface area contributed by atoms with E-state index >= 15 is 0 Å². The SMILES string of the molecule is CC(C)C(=O)N1CCC(C(=O)NNC(=O)c2ccc(-c3ccc(F)cc3)s2)CC1. The van der Waals surface area contributed by atoms with Gasteiger partial charge in [0.05, 0.1) is 4.88 Å². The Morgan fingerprint density at radius 2 is 1.69 bits per heavy atom. The van der Waals surface area contributed by atoms with Gasteiger partial charge < -0.3 is 4.90 Å². The van der Waals surface area contributed by atoms with Gasteiger partial charge in [-0.2, -0.15) is 0 Å². The number of carbonyl (C=O) groups is 3. The molecular weight excluding hydrogens is 393 g/mol. The van der Waals surface area contributed by atoms with Crippen LogP contribution in [0, 0.1) is 17.7 Å². The summed E-state index contributed by atoms with van der Waals surface area (Å²) in [5, 5.41) is 0. The molecule has 29 heavy (non-hydrogen) atoms. The number of nitrogens with one attached hydrogen (secondary N) is 2. The number of halogens is 1. The first-order valence-corrected chi connectivity index (χ1v) is 10.4. The fraction of sp³-hybridized carbons (Fsp3) is 0.381. The molecule has 0 radical (unpaired) electrons. The van der Waals surface area contributed by atoms with Crippen molar-refractivity contribution in [2.45, 2.75) is 26.7 Å². The third kappa shape index (κ3) is 5.20. The zero-order chi connectivity index (χ0) is 21.0. The van der Waals surface area contributed by atoms with Crippen LogP contribution in [0.4, 0.5) is 4.39 Å². The first-order chi connectivity index (χ1) is 13.8. The minimum Gasteiger partial charge on any atom is -0.342 e. The van der Waals surface area contributed by atoms with Crippen molar-refractivity contribution >= 4 is 29.1 Å². The van der Waals surface area contributed by atoms with E-state index in [1.54, 1.807) is 29.2 Å². The Morgan fingerprint density at radius 1 is 1.03 bits per heavy atom. The molecule has 8 heteroatoms. The molecule has 0 aliphatic carbocycles. The van der Waals surface area contributed by atoms with Gasteiger partial charge in [0, 0.05) is 29.8 Å². The molecule has 1 aromatic carbocycles. The molecule has 0 atom stereocenters. The molecule has 3 rings (SSSR count). The largest absolute Gasteiger partial charge is 0.342 e. The Balaban J connectivity index is 1.49. The van der Waals surface area contributed by atoms with Crippen molar-refractivity contribution in [1.82, 2.24) is 15.8 Å². The van der Waals surface area contributed by atoms with E-state index in [2.05, 4.69) is 10.9 Å². The smallest absolute Gasteiger partial charge is 0.279 e. The monoisotopic (exact) mass is 417 g/mol. The van der Waals surface area contributed by atoms with Crippen LogP contribution in [0.1, 0.15) is 36.4 Å². The predicted molar refractivity (Wildman–Crippen MR) is 109 cm³/mol. The normalized spacial score (nSPS) is 14.7. The van der Waals surface area contributed by atoms with E-state index in [1.165, 1.54) is 23.5 Å². The lowest BCUT2D eigenvalue weighted by Gasteiger charge is -2.32. The second kappa shape index (κ2) is 9.17. The number of hydrogen-bond acceptors (Lipinski definition) is 4. The van der Waals surface area contributed by atoms with Crippen molar-refractivity contribution in [2.24, 2.45) is 11.8 Å². The standard InChI is InChI=1S/C21H24FN3O3S/c1-13(2)21(28)25-11-9-15(10-12-25)19(26)23-24-20(27)18-8-7-17(29-18)14-3-5-16(22)6-4-14/h3-8,13,15H,9-12H2,1-2H3,(H,23,26)(H,24,27). The first kappa shape index (κ1) is 21.0. The van der Waals surface area contributed by atoms with Crippen LogP contribution in [0.15, 0.2) is 36.4 Å². The second-order valence-corrected chi connectivity index (χ2v) is 8.45. The van der Waals surface area contributed by atoms with Crippen LogP contribution in [0.5, 0.6) is 0 Å². The van der Waals surface area contributed by atoms with E-state index in [0.717, 1.165) is 10.4 Å². The Bertz CT molecular complexity index is 887. The van der Waals surface area contributed by atoms with Crippen molar-refractivity contribution in [3.8, 4) is 10.4 Å². The van der Waals surface area contributed by atoms with Gasteiger partial charge in [0.15, 0.2) is 0 Å². The van der Waals surface area contributed by atoms with E-state index in [0.29, 0.717) is 30.8 Å². The van der Waals surface area contributed by atoms with Crippen LogP contribution in [0.2, 0.25) is 0 Å². The Morgan fingerprint density at radius 3 is 2.31 bits per heavy atom. The molecule has 2 heterocycles. The number of nitrogens with zero attached hydrogens (tertiary/aromatic N) is 1. The lowest BCUT2D eigenvalue weighted by molar-refractivity contribution is -0.138. The molecule has 2 aromatic rings. The zero-order valence-corrected chi connectivity index (χ0v) is 17.2. The topological polar surface area (TPSA) is 78.5 Å². The summed E-state index contributed by atoms with van der Waals surface area (Å²) >= 11 is 1.26. The van der Waals surface area contributed by atoms with Gasteiger partial charge in [-0.15, -0.1) is 11.3 Å². The van der Waals surface area contributed by atoms with Crippen LogP contribution in [0.25, 0.3) is 10.4 Å². The number of benzene rings is 1. The molecule has 0 bridgehead atoms. The molecule has 1 aliphatic heterocycles. The van der Waals surface area contributed by atoms with Gasteiger partial charge in [-0.05, 0) is 42.7 Å².